The molecule has 100 valence electrons. The molecule has 0 saturated heterocycles. The maximum absolute atomic E-state index is 7.52. The number of nitrogens with two attached hydrogens (primary N) is 1. The second-order valence-electron chi connectivity index (χ2n) is 5.22. The lowest BCUT2D eigenvalue weighted by atomic mass is 10.1. The Balaban J connectivity index is 2.59. The summed E-state index contributed by atoms with van der Waals surface area (Å²) in [7, 11) is 0. The van der Waals surface area contributed by atoms with E-state index in [1.165, 1.54) is 0 Å². The number of amidine groups is 1. The minimum absolute atomic E-state index is 0.0189. The number of ether oxygens (including phenoxy) is 2. The smallest absolute Gasteiger partial charge is 0.130 e. The first-order chi connectivity index (χ1) is 8.29. The van der Waals surface area contributed by atoms with E-state index in [1.807, 2.05) is 45.9 Å². The largest absolute Gasteiger partial charge is 0.490 e. The Kier molecular flexibility index (Phi) is 4.73. The molecule has 0 fully saturated rings. The van der Waals surface area contributed by atoms with Gasteiger partial charge in [0.05, 0.1) is 17.8 Å². The summed E-state index contributed by atoms with van der Waals surface area (Å²) < 4.78 is 11.2. The van der Waals surface area contributed by atoms with Crippen molar-refractivity contribution in [2.45, 2.75) is 33.3 Å². The van der Waals surface area contributed by atoms with Gasteiger partial charge in [0, 0.05) is 0 Å². The molecule has 0 aromatic heterocycles. The molecule has 0 amide bonds. The molecule has 4 nitrogen and oxygen atoms in total. The van der Waals surface area contributed by atoms with Crippen molar-refractivity contribution in [1.82, 2.24) is 0 Å². The molecule has 0 aliphatic heterocycles. The van der Waals surface area contributed by atoms with Crippen LogP contribution in [0.3, 0.4) is 0 Å². The van der Waals surface area contributed by atoms with Crippen LogP contribution in [0.1, 0.15) is 31.9 Å². The Bertz CT molecular complexity index is 422. The molecule has 0 aliphatic carbocycles. The molecule has 0 unspecified atom stereocenters. The number of hydrogen-bond acceptors (Lipinski definition) is 3. The molecule has 0 spiro atoms. The van der Waals surface area contributed by atoms with Crippen molar-refractivity contribution < 1.29 is 9.47 Å². The van der Waals surface area contributed by atoms with Crippen molar-refractivity contribution in [3.63, 3.8) is 0 Å². The zero-order valence-corrected chi connectivity index (χ0v) is 11.5. The van der Waals surface area contributed by atoms with Gasteiger partial charge in [0.2, 0.25) is 0 Å². The summed E-state index contributed by atoms with van der Waals surface area (Å²) >= 11 is 0. The summed E-state index contributed by atoms with van der Waals surface area (Å²) in [6, 6.07) is 5.62. The van der Waals surface area contributed by atoms with Crippen LogP contribution < -0.4 is 10.5 Å². The average molecular weight is 250 g/mol. The fraction of sp³-hybridized carbons (Fsp3) is 0.500. The summed E-state index contributed by atoms with van der Waals surface area (Å²) in [5.41, 5.74) is 7.05. The second kappa shape index (κ2) is 5.87. The molecule has 0 atom stereocenters. The SMILES string of the molecule is Cc1ccc(OCCOC(C)(C)C)c(C(=N)N)c1. The van der Waals surface area contributed by atoms with Crippen LogP contribution in [0.2, 0.25) is 0 Å². The van der Waals surface area contributed by atoms with Crippen LogP contribution in [0.4, 0.5) is 0 Å². The number of nitrogen functional groups attached to an aromatic ring is 1. The van der Waals surface area contributed by atoms with Crippen LogP contribution >= 0.6 is 0 Å². The standard InChI is InChI=1S/C14H22N2O2/c1-10-5-6-12(11(9-10)13(15)16)17-7-8-18-14(2,3)4/h5-6,9H,7-8H2,1-4H3,(H3,15,16). The van der Waals surface area contributed by atoms with Gasteiger partial charge >= 0.3 is 0 Å². The van der Waals surface area contributed by atoms with Gasteiger partial charge in [0.15, 0.2) is 0 Å². The van der Waals surface area contributed by atoms with Crippen LogP contribution in [-0.4, -0.2) is 24.7 Å². The third kappa shape index (κ3) is 4.75. The van der Waals surface area contributed by atoms with E-state index in [2.05, 4.69) is 0 Å². The molecule has 0 heterocycles. The summed E-state index contributed by atoms with van der Waals surface area (Å²) in [4.78, 5) is 0. The highest BCUT2D eigenvalue weighted by Gasteiger charge is 2.10. The fourth-order valence-corrected chi connectivity index (χ4v) is 1.48. The highest BCUT2D eigenvalue weighted by molar-refractivity contribution is 5.97. The Morgan fingerprint density at radius 1 is 1.28 bits per heavy atom. The Labute approximate surface area is 109 Å². The molecule has 0 saturated carbocycles. The van der Waals surface area contributed by atoms with E-state index in [-0.39, 0.29) is 11.4 Å². The molecular formula is C14H22N2O2. The minimum Gasteiger partial charge on any atom is -0.490 e. The van der Waals surface area contributed by atoms with Crippen molar-refractivity contribution in [1.29, 1.82) is 5.41 Å². The lowest BCUT2D eigenvalue weighted by Crippen LogP contribution is -2.23. The number of nitrogens with one attached hydrogen (secondary N) is 1. The van der Waals surface area contributed by atoms with Crippen molar-refractivity contribution >= 4 is 5.84 Å². The van der Waals surface area contributed by atoms with Crippen molar-refractivity contribution in [3.8, 4) is 5.75 Å². The summed E-state index contributed by atoms with van der Waals surface area (Å²) in [5.74, 6) is 0.649. The van der Waals surface area contributed by atoms with Crippen LogP contribution in [0.5, 0.6) is 5.75 Å². The third-order valence-electron chi connectivity index (χ3n) is 2.30. The van der Waals surface area contributed by atoms with Crippen LogP contribution in [-0.2, 0) is 4.74 Å². The zero-order chi connectivity index (χ0) is 13.8. The molecule has 3 N–H and O–H groups in total. The molecule has 0 bridgehead atoms. The first kappa shape index (κ1) is 14.5. The first-order valence-corrected chi connectivity index (χ1v) is 6.01. The molecular weight excluding hydrogens is 228 g/mol. The topological polar surface area (TPSA) is 68.3 Å². The molecule has 1 aromatic rings. The highest BCUT2D eigenvalue weighted by Crippen LogP contribution is 2.19. The van der Waals surface area contributed by atoms with Crippen LogP contribution in [0, 0.1) is 12.3 Å². The quantitative estimate of drug-likeness (QED) is 0.479. The minimum atomic E-state index is -0.167. The van der Waals surface area contributed by atoms with Gasteiger partial charge in [-0.05, 0) is 39.8 Å². The van der Waals surface area contributed by atoms with E-state index in [9.17, 15) is 0 Å². The maximum atomic E-state index is 7.52. The lowest BCUT2D eigenvalue weighted by molar-refractivity contribution is -0.0163. The predicted molar refractivity (Wildman–Crippen MR) is 73.4 cm³/mol. The first-order valence-electron chi connectivity index (χ1n) is 6.01. The summed E-state index contributed by atoms with van der Waals surface area (Å²) in [5, 5.41) is 7.52. The molecule has 0 aliphatic rings. The second-order valence-corrected chi connectivity index (χ2v) is 5.22. The van der Waals surface area contributed by atoms with E-state index < -0.39 is 0 Å². The van der Waals surface area contributed by atoms with Gasteiger partial charge in [-0.15, -0.1) is 0 Å². The van der Waals surface area contributed by atoms with E-state index in [4.69, 9.17) is 20.6 Å². The predicted octanol–water partition coefficient (Wildman–Crippen LogP) is 2.47. The van der Waals surface area contributed by atoms with Gasteiger partial charge in [0.1, 0.15) is 18.2 Å². The van der Waals surface area contributed by atoms with Crippen LogP contribution in [0.15, 0.2) is 18.2 Å². The van der Waals surface area contributed by atoms with Gasteiger partial charge in [0.25, 0.3) is 0 Å². The molecule has 0 radical (unpaired) electrons. The maximum Gasteiger partial charge on any atom is 0.130 e. The fourth-order valence-electron chi connectivity index (χ4n) is 1.48. The van der Waals surface area contributed by atoms with Gasteiger partial charge in [-0.25, -0.2) is 0 Å². The number of benzene rings is 1. The van der Waals surface area contributed by atoms with E-state index in [0.29, 0.717) is 24.5 Å². The van der Waals surface area contributed by atoms with Gasteiger partial charge < -0.3 is 15.2 Å². The van der Waals surface area contributed by atoms with Gasteiger partial charge in [-0.3, -0.25) is 5.41 Å². The Morgan fingerprint density at radius 2 is 1.94 bits per heavy atom. The van der Waals surface area contributed by atoms with Crippen molar-refractivity contribution in [2.24, 2.45) is 5.73 Å². The van der Waals surface area contributed by atoms with Crippen molar-refractivity contribution in [3.05, 3.63) is 29.3 Å². The molecule has 1 aromatic carbocycles. The normalized spacial score (nSPS) is 11.3. The number of aryl methyl sites for hydroxylation is 1. The Hall–Kier alpha value is -1.55. The summed E-state index contributed by atoms with van der Waals surface area (Å²) in [6.07, 6.45) is 0. The summed E-state index contributed by atoms with van der Waals surface area (Å²) in [6.45, 7) is 8.91. The molecule has 4 heteroatoms. The number of hydrogen-bond donors (Lipinski definition) is 2. The molecule has 18 heavy (non-hydrogen) atoms. The third-order valence-corrected chi connectivity index (χ3v) is 2.30. The monoisotopic (exact) mass is 250 g/mol. The van der Waals surface area contributed by atoms with Gasteiger partial charge in [-0.2, -0.15) is 0 Å². The van der Waals surface area contributed by atoms with E-state index in [0.717, 1.165) is 5.56 Å². The molecule has 1 rings (SSSR count). The van der Waals surface area contributed by atoms with E-state index in [1.54, 1.807) is 0 Å². The van der Waals surface area contributed by atoms with Gasteiger partial charge in [-0.1, -0.05) is 11.6 Å². The van der Waals surface area contributed by atoms with E-state index >= 15 is 0 Å². The lowest BCUT2D eigenvalue weighted by Gasteiger charge is -2.20. The zero-order valence-electron chi connectivity index (χ0n) is 11.5. The van der Waals surface area contributed by atoms with Crippen LogP contribution in [0.25, 0.3) is 0 Å². The highest BCUT2D eigenvalue weighted by atomic mass is 16.5. The number of rotatable bonds is 5. The van der Waals surface area contributed by atoms with Crippen molar-refractivity contribution in [2.75, 3.05) is 13.2 Å². The average Bonchev–Trinajstić information content (AvgIpc) is 2.24. The Morgan fingerprint density at radius 3 is 2.50 bits per heavy atom.